The number of hydrogen-bond donors (Lipinski definition) is 4. The first-order chi connectivity index (χ1) is 15.7. The number of nitrogen functional groups attached to an aromatic ring is 1. The quantitative estimate of drug-likeness (QED) is 0.367. The highest BCUT2D eigenvalue weighted by atomic mass is 35.5. The number of amidine groups is 1. The van der Waals surface area contributed by atoms with Crippen LogP contribution in [0.15, 0.2) is 36.4 Å². The van der Waals surface area contributed by atoms with Crippen LogP contribution in [0.25, 0.3) is 0 Å². The summed E-state index contributed by atoms with van der Waals surface area (Å²) in [6.45, 7) is 0.326. The van der Waals surface area contributed by atoms with Gasteiger partial charge in [-0.3, -0.25) is 19.8 Å². The van der Waals surface area contributed by atoms with E-state index in [1.807, 2.05) is 6.07 Å². The van der Waals surface area contributed by atoms with E-state index >= 15 is 0 Å². The number of morpholine rings is 1. The third kappa shape index (κ3) is 5.09. The molecule has 1 fully saturated rings. The predicted molar refractivity (Wildman–Crippen MR) is 125 cm³/mol. The second kappa shape index (κ2) is 10.3. The lowest BCUT2D eigenvalue weighted by Gasteiger charge is -2.34. The number of aryl methyl sites for hydroxylation is 1. The molecule has 2 atom stereocenters. The molecule has 5 N–H and O–H groups in total. The molecule has 4 rings (SSSR count). The van der Waals surface area contributed by atoms with E-state index in [1.54, 1.807) is 12.1 Å². The molecular formula is C23H24ClFN4O5. The van der Waals surface area contributed by atoms with E-state index in [9.17, 15) is 23.9 Å². The predicted octanol–water partition coefficient (Wildman–Crippen LogP) is 1.32. The van der Waals surface area contributed by atoms with Crippen molar-refractivity contribution in [1.82, 2.24) is 0 Å². The monoisotopic (exact) mass is 490 g/mol. The SMILES string of the molecule is Cl.N=C(N)c1ccc(NC(=O)[C@H](O)[C@H]2OCCN(c3ccc4c(c3)CC(=O)CC4)C2=O)cc1F. The number of amides is 2. The van der Waals surface area contributed by atoms with E-state index in [2.05, 4.69) is 5.32 Å². The third-order valence-corrected chi connectivity index (χ3v) is 5.77. The van der Waals surface area contributed by atoms with Gasteiger partial charge >= 0.3 is 0 Å². The number of hydrogen-bond acceptors (Lipinski definition) is 6. The minimum atomic E-state index is -1.84. The lowest BCUT2D eigenvalue weighted by molar-refractivity contribution is -0.150. The van der Waals surface area contributed by atoms with Crippen molar-refractivity contribution in [2.75, 3.05) is 23.4 Å². The number of halogens is 2. The van der Waals surface area contributed by atoms with Crippen LogP contribution >= 0.6 is 12.4 Å². The number of carbonyl (C=O) groups excluding carboxylic acids is 3. The first-order valence-corrected chi connectivity index (χ1v) is 10.4. The highest BCUT2D eigenvalue weighted by molar-refractivity contribution is 6.04. The number of nitrogens with one attached hydrogen (secondary N) is 2. The summed E-state index contributed by atoms with van der Waals surface area (Å²) in [7, 11) is 0. The number of fused-ring (bicyclic) bond motifs is 1. The van der Waals surface area contributed by atoms with Crippen molar-refractivity contribution in [1.29, 1.82) is 5.41 Å². The molecule has 0 aromatic heterocycles. The van der Waals surface area contributed by atoms with Gasteiger partial charge in [-0.1, -0.05) is 6.07 Å². The number of anilines is 2. The normalized spacial score (nSPS) is 18.5. The second-order valence-electron chi connectivity index (χ2n) is 7.99. The third-order valence-electron chi connectivity index (χ3n) is 5.77. The van der Waals surface area contributed by atoms with Crippen molar-refractivity contribution in [2.45, 2.75) is 31.5 Å². The minimum Gasteiger partial charge on any atom is -0.384 e. The first kappa shape index (κ1) is 25.3. The molecule has 0 bridgehead atoms. The highest BCUT2D eigenvalue weighted by Gasteiger charge is 2.39. The van der Waals surface area contributed by atoms with E-state index in [1.165, 1.54) is 17.0 Å². The molecule has 34 heavy (non-hydrogen) atoms. The standard InChI is InChI=1S/C23H23FN4O5.ClH/c24-18-11-14(3-6-17(18)21(25)26)27-22(31)19(30)20-23(32)28(7-8-33-20)15-4-1-12-2-5-16(29)10-13(12)9-15;/h1,3-4,6,9,11,19-20,30H,2,5,7-8,10H2,(H3,25,26)(H,27,31);1H/t19-,20-;/m1./s1. The first-order valence-electron chi connectivity index (χ1n) is 10.4. The average Bonchev–Trinajstić information content (AvgIpc) is 2.78. The molecule has 1 aliphatic heterocycles. The Morgan fingerprint density at radius 2 is 1.97 bits per heavy atom. The summed E-state index contributed by atoms with van der Waals surface area (Å²) in [5.74, 6) is -2.66. The summed E-state index contributed by atoms with van der Waals surface area (Å²) in [5, 5.41) is 20.1. The van der Waals surface area contributed by atoms with Crippen molar-refractivity contribution < 1.29 is 28.6 Å². The molecule has 2 aliphatic rings. The molecule has 0 unspecified atom stereocenters. The number of nitrogens with two attached hydrogens (primary N) is 1. The number of aliphatic hydroxyl groups is 1. The molecular weight excluding hydrogens is 467 g/mol. The van der Waals surface area contributed by atoms with Crippen molar-refractivity contribution in [3.8, 4) is 0 Å². The number of ketones is 1. The highest BCUT2D eigenvalue weighted by Crippen LogP contribution is 2.27. The zero-order valence-electron chi connectivity index (χ0n) is 18.0. The summed E-state index contributed by atoms with van der Waals surface area (Å²) in [5.41, 5.74) is 7.68. The van der Waals surface area contributed by atoms with Crippen LogP contribution in [0.3, 0.4) is 0 Å². The van der Waals surface area contributed by atoms with Gasteiger partial charge in [0, 0.05) is 30.8 Å². The van der Waals surface area contributed by atoms with Gasteiger partial charge in [0.05, 0.1) is 12.2 Å². The summed E-state index contributed by atoms with van der Waals surface area (Å²) in [4.78, 5) is 38.8. The molecule has 9 nitrogen and oxygen atoms in total. The smallest absolute Gasteiger partial charge is 0.259 e. The average molecular weight is 491 g/mol. The minimum absolute atomic E-state index is 0. The van der Waals surface area contributed by atoms with Gasteiger partial charge in [0.1, 0.15) is 17.4 Å². The fourth-order valence-corrected chi connectivity index (χ4v) is 4.02. The van der Waals surface area contributed by atoms with Crippen molar-refractivity contribution in [3.05, 3.63) is 58.9 Å². The topological polar surface area (TPSA) is 146 Å². The number of Topliss-reactive ketones (excluding diaryl/α,β-unsaturated/α-hetero) is 1. The molecule has 1 aliphatic carbocycles. The molecule has 0 radical (unpaired) electrons. The molecule has 0 spiro atoms. The van der Waals surface area contributed by atoms with Gasteiger partial charge in [-0.15, -0.1) is 12.4 Å². The zero-order valence-corrected chi connectivity index (χ0v) is 18.9. The number of aliphatic hydroxyl groups excluding tert-OH is 1. The Labute approximate surface area is 201 Å². The molecule has 11 heteroatoms. The number of benzene rings is 2. The maximum atomic E-state index is 14.0. The van der Waals surface area contributed by atoms with E-state index in [0.717, 1.165) is 17.2 Å². The molecule has 1 heterocycles. The molecule has 180 valence electrons. The molecule has 2 aromatic rings. The Hall–Kier alpha value is -3.34. The van der Waals surface area contributed by atoms with Crippen LogP contribution in [0, 0.1) is 11.2 Å². The molecule has 1 saturated heterocycles. The number of carbonyl (C=O) groups is 3. The van der Waals surface area contributed by atoms with Gasteiger partial charge in [-0.25, -0.2) is 4.39 Å². The Bertz CT molecular complexity index is 1160. The van der Waals surface area contributed by atoms with Crippen LogP contribution in [0.2, 0.25) is 0 Å². The lowest BCUT2D eigenvalue weighted by Crippen LogP contribution is -2.55. The van der Waals surface area contributed by atoms with Gasteiger partial charge in [0.25, 0.3) is 11.8 Å². The van der Waals surface area contributed by atoms with Gasteiger partial charge in [0.15, 0.2) is 12.2 Å². The Kier molecular flexibility index (Phi) is 7.65. The van der Waals surface area contributed by atoms with Gasteiger partial charge in [-0.2, -0.15) is 0 Å². The summed E-state index contributed by atoms with van der Waals surface area (Å²) in [6.07, 6.45) is -1.79. The van der Waals surface area contributed by atoms with E-state index in [-0.39, 0.29) is 42.6 Å². The fourth-order valence-electron chi connectivity index (χ4n) is 4.02. The summed E-state index contributed by atoms with van der Waals surface area (Å²) < 4.78 is 19.4. The van der Waals surface area contributed by atoms with Crippen molar-refractivity contribution in [3.63, 3.8) is 0 Å². The number of nitrogens with zero attached hydrogens (tertiary/aromatic N) is 1. The summed E-state index contributed by atoms with van der Waals surface area (Å²) >= 11 is 0. The Balaban J connectivity index is 0.00000324. The van der Waals surface area contributed by atoms with E-state index < -0.39 is 35.7 Å². The molecule has 2 amide bonds. The van der Waals surface area contributed by atoms with Gasteiger partial charge in [0.2, 0.25) is 0 Å². The van der Waals surface area contributed by atoms with Crippen LogP contribution in [0.4, 0.5) is 15.8 Å². The number of ether oxygens (including phenoxy) is 1. The maximum absolute atomic E-state index is 14.0. The van der Waals surface area contributed by atoms with Gasteiger partial charge in [-0.05, 0) is 47.9 Å². The van der Waals surface area contributed by atoms with E-state index in [4.69, 9.17) is 15.9 Å². The molecule has 2 aromatic carbocycles. The van der Waals surface area contributed by atoms with Crippen molar-refractivity contribution in [2.24, 2.45) is 5.73 Å². The number of rotatable bonds is 5. The van der Waals surface area contributed by atoms with Crippen molar-refractivity contribution >= 4 is 47.2 Å². The van der Waals surface area contributed by atoms with Crippen LogP contribution in [0.5, 0.6) is 0 Å². The fraction of sp³-hybridized carbons (Fsp3) is 0.304. The van der Waals surface area contributed by atoms with E-state index in [0.29, 0.717) is 24.9 Å². The largest absolute Gasteiger partial charge is 0.384 e. The Morgan fingerprint density at radius 3 is 2.68 bits per heavy atom. The maximum Gasteiger partial charge on any atom is 0.259 e. The van der Waals surface area contributed by atoms with Crippen LogP contribution in [-0.4, -0.2) is 53.9 Å². The van der Waals surface area contributed by atoms with Gasteiger partial charge < -0.3 is 25.8 Å². The molecule has 0 saturated carbocycles. The van der Waals surface area contributed by atoms with Crippen LogP contribution < -0.4 is 16.0 Å². The lowest BCUT2D eigenvalue weighted by atomic mass is 9.90. The van der Waals surface area contributed by atoms with Crippen LogP contribution in [0.1, 0.15) is 23.1 Å². The Morgan fingerprint density at radius 1 is 1.21 bits per heavy atom. The second-order valence-corrected chi connectivity index (χ2v) is 7.99. The summed E-state index contributed by atoms with van der Waals surface area (Å²) in [6, 6.07) is 8.97. The zero-order chi connectivity index (χ0) is 23.7. The van der Waals surface area contributed by atoms with Crippen LogP contribution in [-0.2, 0) is 32.0 Å².